The molecule has 0 saturated carbocycles. The van der Waals surface area contributed by atoms with E-state index in [2.05, 4.69) is 0 Å². The van der Waals surface area contributed by atoms with Crippen LogP contribution in [0.2, 0.25) is 0 Å². The number of halogens is 2. The first-order valence-electron chi connectivity index (χ1n) is 6.04. The van der Waals surface area contributed by atoms with Crippen molar-refractivity contribution in [2.45, 2.75) is 18.6 Å². The van der Waals surface area contributed by atoms with Gasteiger partial charge in [0.2, 0.25) is 0 Å². The van der Waals surface area contributed by atoms with Gasteiger partial charge in [-0.2, -0.15) is 0 Å². The quantitative estimate of drug-likeness (QED) is 0.852. The summed E-state index contributed by atoms with van der Waals surface area (Å²) >= 11 is 0. The topological polar surface area (TPSA) is 29.5 Å². The molecule has 2 atom stereocenters. The van der Waals surface area contributed by atoms with E-state index in [0.717, 1.165) is 18.2 Å². The van der Waals surface area contributed by atoms with E-state index < -0.39 is 23.8 Å². The number of fused-ring (bicyclic) bond motifs is 1. The van der Waals surface area contributed by atoms with Crippen molar-refractivity contribution in [2.75, 3.05) is 0 Å². The average molecular weight is 262 g/mol. The summed E-state index contributed by atoms with van der Waals surface area (Å²) in [7, 11) is 0. The Morgan fingerprint density at radius 2 is 1.84 bits per heavy atom. The Morgan fingerprint density at radius 1 is 1.05 bits per heavy atom. The fraction of sp³-hybridized carbons (Fsp3) is 0.200. The summed E-state index contributed by atoms with van der Waals surface area (Å²) in [6.07, 6.45) is -1.21. The molecule has 2 nitrogen and oxygen atoms in total. The molecule has 2 aromatic carbocycles. The summed E-state index contributed by atoms with van der Waals surface area (Å²) in [5, 5.41) is 10.1. The van der Waals surface area contributed by atoms with E-state index >= 15 is 0 Å². The van der Waals surface area contributed by atoms with Gasteiger partial charge < -0.3 is 9.84 Å². The minimum Gasteiger partial charge on any atom is -0.485 e. The van der Waals surface area contributed by atoms with E-state index in [-0.39, 0.29) is 12.0 Å². The first kappa shape index (κ1) is 12.1. The molecule has 0 aliphatic carbocycles. The van der Waals surface area contributed by atoms with Crippen LogP contribution in [0.4, 0.5) is 8.78 Å². The van der Waals surface area contributed by atoms with E-state index in [4.69, 9.17) is 4.74 Å². The van der Waals surface area contributed by atoms with Crippen molar-refractivity contribution in [2.24, 2.45) is 0 Å². The summed E-state index contributed by atoms with van der Waals surface area (Å²) in [5.41, 5.74) is 0.809. The van der Waals surface area contributed by atoms with Gasteiger partial charge in [0.25, 0.3) is 0 Å². The molecule has 0 fully saturated rings. The SMILES string of the molecule is O[C@@H]1CC(c2cc(F)ccc2F)Oc2ccccc21. The minimum atomic E-state index is -0.738. The van der Waals surface area contributed by atoms with Gasteiger partial charge in [0.05, 0.1) is 6.10 Å². The first-order chi connectivity index (χ1) is 9.15. The van der Waals surface area contributed by atoms with Crippen molar-refractivity contribution in [1.29, 1.82) is 0 Å². The predicted octanol–water partition coefficient (Wildman–Crippen LogP) is 3.52. The second-order valence-electron chi connectivity index (χ2n) is 4.56. The Morgan fingerprint density at radius 3 is 2.68 bits per heavy atom. The molecule has 1 aliphatic heterocycles. The van der Waals surface area contributed by atoms with Crippen LogP contribution >= 0.6 is 0 Å². The Balaban J connectivity index is 1.99. The van der Waals surface area contributed by atoms with Crippen LogP contribution in [-0.2, 0) is 0 Å². The molecular weight excluding hydrogens is 250 g/mol. The molecule has 1 aliphatic rings. The van der Waals surface area contributed by atoms with Gasteiger partial charge in [0.1, 0.15) is 23.5 Å². The lowest BCUT2D eigenvalue weighted by Crippen LogP contribution is -2.20. The van der Waals surface area contributed by atoms with Crippen molar-refractivity contribution >= 4 is 0 Å². The monoisotopic (exact) mass is 262 g/mol. The number of benzene rings is 2. The van der Waals surface area contributed by atoms with Crippen molar-refractivity contribution in [3.05, 3.63) is 65.2 Å². The van der Waals surface area contributed by atoms with E-state index in [1.807, 2.05) is 0 Å². The number of hydrogen-bond donors (Lipinski definition) is 1. The number of para-hydroxylation sites is 1. The summed E-state index contributed by atoms with van der Waals surface area (Å²) in [6, 6.07) is 10.3. The van der Waals surface area contributed by atoms with Crippen LogP contribution < -0.4 is 4.74 Å². The highest BCUT2D eigenvalue weighted by Gasteiger charge is 2.29. The van der Waals surface area contributed by atoms with E-state index in [0.29, 0.717) is 11.3 Å². The third kappa shape index (κ3) is 2.19. The molecule has 1 N–H and O–H groups in total. The molecule has 1 unspecified atom stereocenters. The fourth-order valence-corrected chi connectivity index (χ4v) is 2.35. The molecule has 4 heteroatoms. The molecular formula is C15H12F2O2. The molecule has 0 spiro atoms. The molecule has 98 valence electrons. The molecule has 0 amide bonds. The lowest BCUT2D eigenvalue weighted by molar-refractivity contribution is 0.0638. The first-order valence-corrected chi connectivity index (χ1v) is 6.04. The maximum Gasteiger partial charge on any atom is 0.130 e. The van der Waals surface area contributed by atoms with Crippen LogP contribution in [0.1, 0.15) is 29.8 Å². The molecule has 1 heterocycles. The zero-order valence-corrected chi connectivity index (χ0v) is 10.0. The van der Waals surface area contributed by atoms with E-state index in [1.54, 1.807) is 24.3 Å². The van der Waals surface area contributed by atoms with Crippen LogP contribution in [0.15, 0.2) is 42.5 Å². The number of aliphatic hydroxyl groups excluding tert-OH is 1. The highest BCUT2D eigenvalue weighted by Crippen LogP contribution is 2.41. The standard InChI is InChI=1S/C15H12F2O2/c16-9-5-6-12(17)11(7-9)15-8-13(18)10-3-1-2-4-14(10)19-15/h1-7,13,15,18H,8H2/t13-,15?/m1/s1. The van der Waals surface area contributed by atoms with Crippen LogP contribution in [0.5, 0.6) is 5.75 Å². The highest BCUT2D eigenvalue weighted by atomic mass is 19.1. The third-order valence-electron chi connectivity index (χ3n) is 3.29. The van der Waals surface area contributed by atoms with Crippen molar-refractivity contribution in [1.82, 2.24) is 0 Å². The van der Waals surface area contributed by atoms with Crippen LogP contribution in [-0.4, -0.2) is 5.11 Å². The summed E-state index contributed by atoms with van der Waals surface area (Å²) in [6.45, 7) is 0. The largest absolute Gasteiger partial charge is 0.485 e. The van der Waals surface area contributed by atoms with Gasteiger partial charge >= 0.3 is 0 Å². The van der Waals surface area contributed by atoms with Gasteiger partial charge in [-0.05, 0) is 24.3 Å². The van der Waals surface area contributed by atoms with Crippen LogP contribution in [0.3, 0.4) is 0 Å². The summed E-state index contributed by atoms with van der Waals surface area (Å²) in [4.78, 5) is 0. The van der Waals surface area contributed by atoms with Gasteiger partial charge in [-0.3, -0.25) is 0 Å². The van der Waals surface area contributed by atoms with Gasteiger partial charge in [0.15, 0.2) is 0 Å². The Labute approximate surface area is 109 Å². The smallest absolute Gasteiger partial charge is 0.130 e. The lowest BCUT2D eigenvalue weighted by atomic mass is 9.95. The second-order valence-corrected chi connectivity index (χ2v) is 4.56. The third-order valence-corrected chi connectivity index (χ3v) is 3.29. The van der Waals surface area contributed by atoms with E-state index in [9.17, 15) is 13.9 Å². The lowest BCUT2D eigenvalue weighted by Gasteiger charge is -2.30. The molecule has 0 bridgehead atoms. The predicted molar refractivity (Wildman–Crippen MR) is 65.7 cm³/mol. The second kappa shape index (κ2) is 4.63. The van der Waals surface area contributed by atoms with Crippen LogP contribution in [0, 0.1) is 11.6 Å². The zero-order valence-electron chi connectivity index (χ0n) is 10.0. The fourth-order valence-electron chi connectivity index (χ4n) is 2.35. The van der Waals surface area contributed by atoms with E-state index in [1.165, 1.54) is 0 Å². The Hall–Kier alpha value is -1.94. The number of rotatable bonds is 1. The van der Waals surface area contributed by atoms with Crippen molar-refractivity contribution in [3.63, 3.8) is 0 Å². The normalized spacial score (nSPS) is 21.6. The Kier molecular flexibility index (Phi) is 2.95. The van der Waals surface area contributed by atoms with Gasteiger partial charge in [-0.1, -0.05) is 18.2 Å². The average Bonchev–Trinajstić information content (AvgIpc) is 2.41. The number of ether oxygens (including phenoxy) is 1. The maximum absolute atomic E-state index is 13.7. The van der Waals surface area contributed by atoms with Gasteiger partial charge in [-0.15, -0.1) is 0 Å². The van der Waals surface area contributed by atoms with Gasteiger partial charge in [0, 0.05) is 17.5 Å². The van der Waals surface area contributed by atoms with Crippen molar-refractivity contribution < 1.29 is 18.6 Å². The zero-order chi connectivity index (χ0) is 13.4. The molecule has 19 heavy (non-hydrogen) atoms. The van der Waals surface area contributed by atoms with Crippen LogP contribution in [0.25, 0.3) is 0 Å². The maximum atomic E-state index is 13.7. The van der Waals surface area contributed by atoms with Gasteiger partial charge in [-0.25, -0.2) is 8.78 Å². The molecule has 0 radical (unpaired) electrons. The number of hydrogen-bond acceptors (Lipinski definition) is 2. The number of aliphatic hydroxyl groups is 1. The molecule has 0 saturated heterocycles. The highest BCUT2D eigenvalue weighted by molar-refractivity contribution is 5.38. The van der Waals surface area contributed by atoms with Crippen molar-refractivity contribution in [3.8, 4) is 5.75 Å². The molecule has 3 rings (SSSR count). The minimum absolute atomic E-state index is 0.133. The molecule has 2 aromatic rings. The summed E-state index contributed by atoms with van der Waals surface area (Å²) < 4.78 is 32.6. The Bertz CT molecular complexity index is 613. The molecule has 0 aromatic heterocycles. The summed E-state index contributed by atoms with van der Waals surface area (Å²) in [5.74, 6) is -0.541.